The Morgan fingerprint density at radius 1 is 0.649 bits per heavy atom. The third-order valence-corrected chi connectivity index (χ3v) is 14.6. The topological polar surface area (TPSA) is 111 Å². The molecule has 0 spiro atoms. The number of carbonyl (C=O) groups is 2. The summed E-state index contributed by atoms with van der Waals surface area (Å²) < 4.78 is 0. The van der Waals surface area contributed by atoms with Crippen LogP contribution in [0.5, 0.6) is 0 Å². The Balaban J connectivity index is 0.976. The normalized spacial score (nSPS) is 32.1. The van der Waals surface area contributed by atoms with E-state index in [9.17, 15) is 19.8 Å². The second kappa shape index (κ2) is 25.0. The fraction of sp³-hybridized carbons (Fsp3) is 0.720. The number of hydrogen-bond donors (Lipinski definition) is 5. The lowest BCUT2D eigenvalue weighted by Gasteiger charge is -2.62. The molecule has 0 bridgehead atoms. The number of fused-ring (bicyclic) bond motifs is 5. The van der Waals surface area contributed by atoms with E-state index in [4.69, 9.17) is 0 Å². The first-order valence-electron chi connectivity index (χ1n) is 23.1. The van der Waals surface area contributed by atoms with Gasteiger partial charge in [0, 0.05) is 39.0 Å². The summed E-state index contributed by atoms with van der Waals surface area (Å²) in [5.41, 5.74) is 0.495. The Hall–Kier alpha value is -2.74. The monoisotopic (exact) mass is 788 g/mol. The molecule has 10 atom stereocenters. The molecule has 0 heterocycles. The number of rotatable bonds is 24. The molecule has 57 heavy (non-hydrogen) atoms. The van der Waals surface area contributed by atoms with Crippen LogP contribution in [-0.2, 0) is 9.59 Å². The highest BCUT2D eigenvalue weighted by atomic mass is 16.3. The van der Waals surface area contributed by atoms with E-state index in [1.165, 1.54) is 25.7 Å². The maximum absolute atomic E-state index is 12.8. The number of allylic oxidation sites excluding steroid dienone is 12. The molecule has 320 valence electrons. The van der Waals surface area contributed by atoms with Crippen molar-refractivity contribution in [3.8, 4) is 0 Å². The van der Waals surface area contributed by atoms with Crippen LogP contribution >= 0.6 is 0 Å². The molecule has 0 aromatic heterocycles. The maximum Gasteiger partial charge on any atom is 0.220 e. The van der Waals surface area contributed by atoms with E-state index in [0.717, 1.165) is 77.0 Å². The summed E-state index contributed by atoms with van der Waals surface area (Å²) in [5.74, 6) is 3.24. The first-order valence-corrected chi connectivity index (χ1v) is 23.1. The van der Waals surface area contributed by atoms with E-state index in [0.29, 0.717) is 74.5 Å². The van der Waals surface area contributed by atoms with E-state index in [1.54, 1.807) is 0 Å². The molecule has 0 radical (unpaired) electrons. The van der Waals surface area contributed by atoms with Gasteiger partial charge in [-0.1, -0.05) is 101 Å². The van der Waals surface area contributed by atoms with Gasteiger partial charge in [-0.3, -0.25) is 9.59 Å². The highest BCUT2D eigenvalue weighted by Crippen LogP contribution is 2.68. The summed E-state index contributed by atoms with van der Waals surface area (Å²) >= 11 is 0. The minimum absolute atomic E-state index is 0.0667. The molecule has 7 heteroatoms. The van der Waals surface area contributed by atoms with Crippen molar-refractivity contribution in [3.63, 3.8) is 0 Å². The molecule has 1 unspecified atom stereocenters. The Morgan fingerprint density at radius 2 is 1.18 bits per heavy atom. The van der Waals surface area contributed by atoms with Crippen molar-refractivity contribution in [3.05, 3.63) is 72.9 Å². The van der Waals surface area contributed by atoms with Gasteiger partial charge < -0.3 is 26.2 Å². The third kappa shape index (κ3) is 14.5. The van der Waals surface area contributed by atoms with Crippen LogP contribution in [0, 0.1) is 46.3 Å². The van der Waals surface area contributed by atoms with Crippen LogP contribution in [0.2, 0.25) is 0 Å². The molecule has 5 N–H and O–H groups in total. The van der Waals surface area contributed by atoms with Crippen LogP contribution < -0.4 is 16.0 Å². The summed E-state index contributed by atoms with van der Waals surface area (Å²) in [7, 11) is 0. The lowest BCUT2D eigenvalue weighted by molar-refractivity contribution is -0.174. The van der Waals surface area contributed by atoms with E-state index < -0.39 is 0 Å². The predicted molar refractivity (Wildman–Crippen MR) is 237 cm³/mol. The fourth-order valence-corrected chi connectivity index (χ4v) is 11.5. The second-order valence-corrected chi connectivity index (χ2v) is 18.4. The van der Waals surface area contributed by atoms with E-state index >= 15 is 0 Å². The van der Waals surface area contributed by atoms with Gasteiger partial charge in [0.2, 0.25) is 11.8 Å². The minimum atomic E-state index is -0.244. The molecule has 4 aliphatic rings. The van der Waals surface area contributed by atoms with Crippen LogP contribution in [0.3, 0.4) is 0 Å². The fourth-order valence-electron chi connectivity index (χ4n) is 11.5. The standard InChI is InChI=1S/C50H81N3O4/c1-5-6-7-8-9-10-11-12-13-14-15-16-17-18-19-20-21-22-23-24-46(56)52-35-33-51-34-36-53-47(57)28-25-39(2)42-26-27-43-48-44(30-32-50(42,43)4)49(3)31-29-41(54)37-40(49)38-45(48)55/h6-7,9-10,12-13,15-16,18-19,21-22,39-45,48,51,54-55H,5,8,11,14,17,20,23-38H2,1-4H3,(H,52,56)(H,53,57)/b7-6-,10-9-,13-12-,16-15-,19-18-,22-21-/t39-,40+,41-,42?,43+,44+,45-,48+,49+,50-/m1/s1. The van der Waals surface area contributed by atoms with Crippen LogP contribution in [0.25, 0.3) is 0 Å². The number of aliphatic hydroxyl groups excluding tert-OH is 2. The summed E-state index contributed by atoms with van der Waals surface area (Å²) in [6.45, 7) is 12.0. The zero-order valence-electron chi connectivity index (χ0n) is 36.3. The molecule has 2 amide bonds. The highest BCUT2D eigenvalue weighted by Gasteiger charge is 2.62. The quantitative estimate of drug-likeness (QED) is 0.0495. The molecular formula is C50H81N3O4. The molecule has 4 rings (SSSR count). The molecule has 4 fully saturated rings. The van der Waals surface area contributed by atoms with Crippen molar-refractivity contribution in [2.75, 3.05) is 26.2 Å². The van der Waals surface area contributed by atoms with Crippen molar-refractivity contribution in [1.29, 1.82) is 0 Å². The third-order valence-electron chi connectivity index (χ3n) is 14.6. The average molecular weight is 788 g/mol. The second-order valence-electron chi connectivity index (χ2n) is 18.4. The van der Waals surface area contributed by atoms with Crippen molar-refractivity contribution in [1.82, 2.24) is 16.0 Å². The largest absolute Gasteiger partial charge is 0.393 e. The Kier molecular flexibility index (Phi) is 20.6. The summed E-state index contributed by atoms with van der Waals surface area (Å²) in [4.78, 5) is 25.0. The zero-order chi connectivity index (χ0) is 40.9. The Labute approximate surface area is 347 Å². The van der Waals surface area contributed by atoms with Gasteiger partial charge >= 0.3 is 0 Å². The van der Waals surface area contributed by atoms with Crippen molar-refractivity contribution < 1.29 is 19.8 Å². The van der Waals surface area contributed by atoms with Gasteiger partial charge in [-0.05, 0) is 149 Å². The SMILES string of the molecule is CC/C=C\C/C=C\C/C=C\C/C=C\C/C=C\C/C=C\CCC(=O)NCCNCCNC(=O)CC[C@@H](C)C1CC[C@H]2[C@@H]3[C@H](O)C[C@@H]4C[C@H](O)CC[C@]4(C)[C@H]3CC[C@]12C. The zero-order valence-corrected chi connectivity index (χ0v) is 36.3. The molecule has 0 aliphatic heterocycles. The van der Waals surface area contributed by atoms with Gasteiger partial charge in [-0.2, -0.15) is 0 Å². The number of hydrogen-bond acceptors (Lipinski definition) is 5. The average Bonchev–Trinajstić information content (AvgIpc) is 3.55. The van der Waals surface area contributed by atoms with Gasteiger partial charge in [-0.25, -0.2) is 0 Å². The summed E-state index contributed by atoms with van der Waals surface area (Å²) in [5, 5.41) is 31.3. The number of aliphatic hydroxyl groups is 2. The molecule has 0 aromatic carbocycles. The first kappa shape index (κ1) is 46.9. The molecule has 0 aromatic rings. The summed E-state index contributed by atoms with van der Waals surface area (Å²) in [6, 6.07) is 0. The summed E-state index contributed by atoms with van der Waals surface area (Å²) in [6.07, 6.45) is 43.0. The maximum atomic E-state index is 12.8. The lowest BCUT2D eigenvalue weighted by Crippen LogP contribution is -2.58. The molecule has 4 aliphatic carbocycles. The molecular weight excluding hydrogens is 707 g/mol. The van der Waals surface area contributed by atoms with Gasteiger partial charge in [0.05, 0.1) is 12.2 Å². The van der Waals surface area contributed by atoms with Gasteiger partial charge in [0.15, 0.2) is 0 Å². The van der Waals surface area contributed by atoms with Gasteiger partial charge in [0.25, 0.3) is 0 Å². The number of nitrogens with one attached hydrogen (secondary N) is 3. The lowest BCUT2D eigenvalue weighted by atomic mass is 9.43. The van der Waals surface area contributed by atoms with Crippen LogP contribution in [-0.4, -0.2) is 60.4 Å². The molecule has 7 nitrogen and oxygen atoms in total. The number of carbonyl (C=O) groups excluding carboxylic acids is 2. The predicted octanol–water partition coefficient (Wildman–Crippen LogP) is 9.69. The van der Waals surface area contributed by atoms with Crippen LogP contribution in [0.4, 0.5) is 0 Å². The smallest absolute Gasteiger partial charge is 0.220 e. The minimum Gasteiger partial charge on any atom is -0.393 e. The first-order chi connectivity index (χ1) is 27.6. The number of amides is 2. The van der Waals surface area contributed by atoms with Crippen molar-refractivity contribution >= 4 is 11.8 Å². The van der Waals surface area contributed by atoms with E-state index in [2.05, 4.69) is 117 Å². The van der Waals surface area contributed by atoms with E-state index in [1.807, 2.05) is 0 Å². The molecule has 4 saturated carbocycles. The molecule has 0 saturated heterocycles. The van der Waals surface area contributed by atoms with Crippen LogP contribution in [0.15, 0.2) is 72.9 Å². The van der Waals surface area contributed by atoms with E-state index in [-0.39, 0.29) is 34.9 Å². The Morgan fingerprint density at radius 3 is 1.77 bits per heavy atom. The van der Waals surface area contributed by atoms with Gasteiger partial charge in [0.1, 0.15) is 0 Å². The van der Waals surface area contributed by atoms with Crippen LogP contribution in [0.1, 0.15) is 143 Å². The van der Waals surface area contributed by atoms with Crippen molar-refractivity contribution in [2.24, 2.45) is 46.3 Å². The van der Waals surface area contributed by atoms with Gasteiger partial charge in [-0.15, -0.1) is 0 Å². The Bertz CT molecular complexity index is 1380. The highest BCUT2D eigenvalue weighted by molar-refractivity contribution is 5.76. The van der Waals surface area contributed by atoms with Crippen molar-refractivity contribution in [2.45, 2.75) is 155 Å².